The van der Waals surface area contributed by atoms with Gasteiger partial charge in [0, 0.05) is 18.7 Å². The molecule has 0 radical (unpaired) electrons. The third kappa shape index (κ3) is 5.45. The summed E-state index contributed by atoms with van der Waals surface area (Å²) in [5, 5.41) is 5.75. The number of ether oxygens (including phenoxy) is 1. The highest BCUT2D eigenvalue weighted by atomic mass is 16.5. The third-order valence-electron chi connectivity index (χ3n) is 4.59. The van der Waals surface area contributed by atoms with Gasteiger partial charge in [-0.05, 0) is 35.4 Å². The van der Waals surface area contributed by atoms with Gasteiger partial charge in [-0.25, -0.2) is 0 Å². The van der Waals surface area contributed by atoms with Crippen LogP contribution in [0, 0.1) is 0 Å². The molecule has 2 N–H and O–H groups in total. The van der Waals surface area contributed by atoms with Gasteiger partial charge in [0.15, 0.2) is 0 Å². The fourth-order valence-electron chi connectivity index (χ4n) is 3.09. The molecule has 5 nitrogen and oxygen atoms in total. The highest BCUT2D eigenvalue weighted by Crippen LogP contribution is 2.24. The van der Waals surface area contributed by atoms with E-state index in [0.717, 1.165) is 11.1 Å². The van der Waals surface area contributed by atoms with Gasteiger partial charge in [0.05, 0.1) is 13.0 Å². The largest absolute Gasteiger partial charge is 0.497 e. The molecule has 2 amide bonds. The number of rotatable bonds is 8. The van der Waals surface area contributed by atoms with E-state index in [1.165, 1.54) is 0 Å². The van der Waals surface area contributed by atoms with Crippen LogP contribution >= 0.6 is 0 Å². The monoisotopic (exact) mass is 388 g/mol. The molecule has 5 heteroatoms. The number of carbonyl (C=O) groups is 2. The Hall–Kier alpha value is -3.60. The highest BCUT2D eigenvalue weighted by molar-refractivity contribution is 5.94. The molecular weight excluding hydrogens is 364 g/mol. The molecule has 0 saturated heterocycles. The first kappa shape index (κ1) is 20.1. The van der Waals surface area contributed by atoms with Gasteiger partial charge in [-0.3, -0.25) is 9.59 Å². The summed E-state index contributed by atoms with van der Waals surface area (Å²) in [7, 11) is 1.58. The lowest BCUT2D eigenvalue weighted by Crippen LogP contribution is -2.37. The van der Waals surface area contributed by atoms with E-state index in [1.54, 1.807) is 31.4 Å². The topological polar surface area (TPSA) is 67.4 Å². The molecular formula is C24H24N2O3. The zero-order valence-corrected chi connectivity index (χ0v) is 16.3. The molecule has 0 saturated carbocycles. The lowest BCUT2D eigenvalue weighted by molar-refractivity contribution is -0.121. The van der Waals surface area contributed by atoms with Gasteiger partial charge >= 0.3 is 0 Å². The Morgan fingerprint density at radius 1 is 0.759 bits per heavy atom. The van der Waals surface area contributed by atoms with Crippen molar-refractivity contribution in [1.82, 2.24) is 10.6 Å². The van der Waals surface area contributed by atoms with Crippen LogP contribution in [0.4, 0.5) is 0 Å². The van der Waals surface area contributed by atoms with E-state index < -0.39 is 5.92 Å². The molecule has 0 spiro atoms. The average molecular weight is 388 g/mol. The molecule has 3 aromatic carbocycles. The summed E-state index contributed by atoms with van der Waals surface area (Å²) in [6.45, 7) is 0.684. The smallest absolute Gasteiger partial charge is 0.251 e. The van der Waals surface area contributed by atoms with E-state index >= 15 is 0 Å². The molecule has 0 aliphatic carbocycles. The highest BCUT2D eigenvalue weighted by Gasteiger charge is 2.22. The zero-order chi connectivity index (χ0) is 20.5. The van der Waals surface area contributed by atoms with E-state index in [0.29, 0.717) is 24.4 Å². The maximum atomic E-state index is 12.9. The third-order valence-corrected chi connectivity index (χ3v) is 4.59. The van der Waals surface area contributed by atoms with Crippen LogP contribution in [0.3, 0.4) is 0 Å². The van der Waals surface area contributed by atoms with Crippen molar-refractivity contribution in [3.63, 3.8) is 0 Å². The summed E-state index contributed by atoms with van der Waals surface area (Å²) >= 11 is 0. The van der Waals surface area contributed by atoms with Gasteiger partial charge in [0.25, 0.3) is 5.91 Å². The van der Waals surface area contributed by atoms with Gasteiger partial charge in [0.2, 0.25) is 5.91 Å². The lowest BCUT2D eigenvalue weighted by atomic mass is 9.90. The summed E-state index contributed by atoms with van der Waals surface area (Å²) in [5.41, 5.74) is 2.40. The molecule has 148 valence electrons. The molecule has 0 aliphatic rings. The number of amides is 2. The zero-order valence-electron chi connectivity index (χ0n) is 16.3. The number of carbonyl (C=O) groups excluding carboxylic acids is 2. The molecule has 29 heavy (non-hydrogen) atoms. The van der Waals surface area contributed by atoms with Gasteiger partial charge in [0.1, 0.15) is 5.75 Å². The van der Waals surface area contributed by atoms with E-state index in [2.05, 4.69) is 10.6 Å². The Balaban J connectivity index is 1.57. The second-order valence-electron chi connectivity index (χ2n) is 6.53. The van der Waals surface area contributed by atoms with E-state index in [-0.39, 0.29) is 11.8 Å². The maximum absolute atomic E-state index is 12.9. The van der Waals surface area contributed by atoms with Crippen LogP contribution in [0.1, 0.15) is 27.4 Å². The predicted octanol–water partition coefficient (Wildman–Crippen LogP) is 3.37. The van der Waals surface area contributed by atoms with Crippen LogP contribution in [-0.2, 0) is 4.79 Å². The van der Waals surface area contributed by atoms with Crippen molar-refractivity contribution in [3.05, 3.63) is 102 Å². The van der Waals surface area contributed by atoms with Crippen LogP contribution in [0.2, 0.25) is 0 Å². The second kappa shape index (κ2) is 10.1. The Kier molecular flexibility index (Phi) is 7.00. The van der Waals surface area contributed by atoms with Crippen molar-refractivity contribution >= 4 is 11.8 Å². The Morgan fingerprint density at radius 2 is 1.28 bits per heavy atom. The Labute approximate surface area is 170 Å². The first-order valence-corrected chi connectivity index (χ1v) is 9.49. The summed E-state index contributed by atoms with van der Waals surface area (Å²) < 4.78 is 5.09. The molecule has 0 heterocycles. The standard InChI is InChI=1S/C24H24N2O3/c1-29-21-14-12-20(13-15-21)23(27)25-16-17-26-24(28)22(18-8-4-2-5-9-18)19-10-6-3-7-11-19/h2-15,22H,16-17H2,1H3,(H,25,27)(H,26,28). The van der Waals surface area contributed by atoms with E-state index in [4.69, 9.17) is 4.74 Å². The first-order valence-electron chi connectivity index (χ1n) is 9.49. The van der Waals surface area contributed by atoms with Crippen LogP contribution in [-0.4, -0.2) is 32.0 Å². The summed E-state index contributed by atoms with van der Waals surface area (Å²) in [6.07, 6.45) is 0. The average Bonchev–Trinajstić information content (AvgIpc) is 2.78. The van der Waals surface area contributed by atoms with E-state index in [1.807, 2.05) is 60.7 Å². The summed E-state index contributed by atoms with van der Waals surface area (Å²) in [4.78, 5) is 25.1. The van der Waals surface area contributed by atoms with Crippen molar-refractivity contribution in [3.8, 4) is 5.75 Å². The van der Waals surface area contributed by atoms with Gasteiger partial charge in [-0.1, -0.05) is 60.7 Å². The molecule has 0 fully saturated rings. The van der Waals surface area contributed by atoms with E-state index in [9.17, 15) is 9.59 Å². The van der Waals surface area contributed by atoms with Crippen LogP contribution < -0.4 is 15.4 Å². The molecule has 0 bridgehead atoms. The molecule has 0 aliphatic heterocycles. The van der Waals surface area contributed by atoms with Gasteiger partial charge in [-0.2, -0.15) is 0 Å². The minimum Gasteiger partial charge on any atom is -0.497 e. The van der Waals surface area contributed by atoms with Crippen molar-refractivity contribution in [2.75, 3.05) is 20.2 Å². The number of hydrogen-bond donors (Lipinski definition) is 2. The Bertz CT molecular complexity index is 886. The number of hydrogen-bond acceptors (Lipinski definition) is 3. The second-order valence-corrected chi connectivity index (χ2v) is 6.53. The first-order chi connectivity index (χ1) is 14.2. The maximum Gasteiger partial charge on any atom is 0.251 e. The van der Waals surface area contributed by atoms with Crippen molar-refractivity contribution in [2.24, 2.45) is 0 Å². The van der Waals surface area contributed by atoms with Crippen molar-refractivity contribution in [1.29, 1.82) is 0 Å². The minimum absolute atomic E-state index is 0.0962. The SMILES string of the molecule is COc1ccc(C(=O)NCCNC(=O)C(c2ccccc2)c2ccccc2)cc1. The fraction of sp³-hybridized carbons (Fsp3) is 0.167. The molecule has 3 aromatic rings. The van der Waals surface area contributed by atoms with Crippen molar-refractivity contribution < 1.29 is 14.3 Å². The normalized spacial score (nSPS) is 10.4. The fourth-order valence-corrected chi connectivity index (χ4v) is 3.09. The summed E-state index contributed by atoms with van der Waals surface area (Å²) in [6, 6.07) is 26.2. The quantitative estimate of drug-likeness (QED) is 0.582. The molecule has 0 aromatic heterocycles. The minimum atomic E-state index is -0.394. The van der Waals surface area contributed by atoms with Crippen LogP contribution in [0.5, 0.6) is 5.75 Å². The number of benzene rings is 3. The summed E-state index contributed by atoms with van der Waals surface area (Å²) in [5.74, 6) is 0.0158. The van der Waals surface area contributed by atoms with Crippen molar-refractivity contribution in [2.45, 2.75) is 5.92 Å². The van der Waals surface area contributed by atoms with Crippen LogP contribution in [0.25, 0.3) is 0 Å². The lowest BCUT2D eigenvalue weighted by Gasteiger charge is -2.18. The van der Waals surface area contributed by atoms with Gasteiger partial charge in [-0.15, -0.1) is 0 Å². The van der Waals surface area contributed by atoms with Gasteiger partial charge < -0.3 is 15.4 Å². The molecule has 3 rings (SSSR count). The molecule has 0 unspecified atom stereocenters. The van der Waals surface area contributed by atoms with Crippen LogP contribution in [0.15, 0.2) is 84.9 Å². The number of methoxy groups -OCH3 is 1. The Morgan fingerprint density at radius 3 is 1.79 bits per heavy atom. The predicted molar refractivity (Wildman–Crippen MR) is 113 cm³/mol. The molecule has 0 atom stereocenters. The number of nitrogens with one attached hydrogen (secondary N) is 2.